The zero-order valence-electron chi connectivity index (χ0n) is 19.6. The largest absolute Gasteiger partial charge is 0.494 e. The monoisotopic (exact) mass is 420 g/mol. The molecule has 2 aromatic carbocycles. The van der Waals surface area contributed by atoms with Crippen LogP contribution in [0.25, 0.3) is 11.1 Å². The van der Waals surface area contributed by atoms with Crippen molar-refractivity contribution in [2.24, 2.45) is 5.92 Å². The predicted molar refractivity (Wildman–Crippen MR) is 131 cm³/mol. The highest BCUT2D eigenvalue weighted by Gasteiger charge is 2.28. The Hall–Kier alpha value is -2.09. The van der Waals surface area contributed by atoms with Gasteiger partial charge in [0.15, 0.2) is 0 Å². The van der Waals surface area contributed by atoms with Crippen molar-refractivity contribution in [3.63, 3.8) is 0 Å². The van der Waals surface area contributed by atoms with Gasteiger partial charge in [-0.25, -0.2) is 0 Å². The third-order valence-electron chi connectivity index (χ3n) is 6.84. The highest BCUT2D eigenvalue weighted by Crippen LogP contribution is 2.35. The lowest BCUT2D eigenvalue weighted by molar-refractivity contribution is -0.123. The van der Waals surface area contributed by atoms with Crippen LogP contribution in [0.1, 0.15) is 96.0 Å². The van der Waals surface area contributed by atoms with E-state index in [4.69, 9.17) is 4.74 Å². The van der Waals surface area contributed by atoms with E-state index >= 15 is 0 Å². The number of Topliss-reactive ketones (excluding diaryl/α,β-unsaturated/α-hetero) is 1. The minimum atomic E-state index is 0.0965. The number of hydrogen-bond acceptors (Lipinski definition) is 2. The minimum Gasteiger partial charge on any atom is -0.494 e. The zero-order valence-corrected chi connectivity index (χ0v) is 19.6. The lowest BCUT2D eigenvalue weighted by Crippen LogP contribution is -2.23. The Labute approximate surface area is 189 Å². The molecule has 0 saturated heterocycles. The Morgan fingerprint density at radius 2 is 1.39 bits per heavy atom. The van der Waals surface area contributed by atoms with Gasteiger partial charge >= 0.3 is 0 Å². The molecular weight excluding hydrogens is 380 g/mol. The molecule has 2 heteroatoms. The number of ketones is 1. The summed E-state index contributed by atoms with van der Waals surface area (Å²) in [6, 6.07) is 17.0. The van der Waals surface area contributed by atoms with Crippen LogP contribution in [0.5, 0.6) is 5.75 Å². The highest BCUT2D eigenvalue weighted by molar-refractivity contribution is 5.86. The molecule has 3 rings (SSSR count). The van der Waals surface area contributed by atoms with Crippen LogP contribution in [0.2, 0.25) is 0 Å². The molecule has 2 aromatic rings. The molecule has 0 aromatic heterocycles. The topological polar surface area (TPSA) is 26.3 Å². The number of unbranched alkanes of at least 4 members (excludes halogenated alkanes) is 6. The van der Waals surface area contributed by atoms with Gasteiger partial charge in [0.05, 0.1) is 6.61 Å². The van der Waals surface area contributed by atoms with E-state index in [0.29, 0.717) is 11.7 Å². The standard InChI is InChI=1S/C29H40O2/c1-3-5-6-7-8-9-10-21-31-27-18-16-25(17-19-27)24-12-14-26(15-13-24)28-20-11-23(4-2)22-29(28)30/h12-19,23,28H,3-11,20-22H2,1-2H3/t23-,28+/m0/s1. The first-order valence-electron chi connectivity index (χ1n) is 12.6. The van der Waals surface area contributed by atoms with Crippen LogP contribution in [0, 0.1) is 5.92 Å². The number of hydrogen-bond donors (Lipinski definition) is 0. The van der Waals surface area contributed by atoms with Gasteiger partial charge in [-0.05, 0) is 54.0 Å². The number of rotatable bonds is 12. The van der Waals surface area contributed by atoms with Gasteiger partial charge in [0, 0.05) is 12.3 Å². The molecule has 2 nitrogen and oxygen atoms in total. The lowest BCUT2D eigenvalue weighted by atomic mass is 9.77. The van der Waals surface area contributed by atoms with Crippen molar-refractivity contribution in [2.75, 3.05) is 6.61 Å². The van der Waals surface area contributed by atoms with Crippen LogP contribution in [0.3, 0.4) is 0 Å². The Morgan fingerprint density at radius 3 is 2.00 bits per heavy atom. The second kappa shape index (κ2) is 12.7. The summed E-state index contributed by atoms with van der Waals surface area (Å²) in [5, 5.41) is 0. The molecule has 0 heterocycles. The molecule has 1 fully saturated rings. The Bertz CT molecular complexity index is 775. The lowest BCUT2D eigenvalue weighted by Gasteiger charge is -2.27. The normalized spacial score (nSPS) is 18.8. The van der Waals surface area contributed by atoms with Crippen LogP contribution >= 0.6 is 0 Å². The number of carbonyl (C=O) groups is 1. The van der Waals surface area contributed by atoms with Gasteiger partial charge in [0.2, 0.25) is 0 Å². The molecule has 1 aliphatic carbocycles. The van der Waals surface area contributed by atoms with Crippen molar-refractivity contribution < 1.29 is 9.53 Å². The molecule has 0 amide bonds. The first-order valence-corrected chi connectivity index (χ1v) is 12.6. The molecule has 31 heavy (non-hydrogen) atoms. The average molecular weight is 421 g/mol. The van der Waals surface area contributed by atoms with E-state index in [2.05, 4.69) is 62.4 Å². The van der Waals surface area contributed by atoms with Gasteiger partial charge in [0.1, 0.15) is 11.5 Å². The smallest absolute Gasteiger partial charge is 0.140 e. The molecule has 0 N–H and O–H groups in total. The van der Waals surface area contributed by atoms with Crippen LogP contribution in [-0.4, -0.2) is 12.4 Å². The highest BCUT2D eigenvalue weighted by atomic mass is 16.5. The fraction of sp³-hybridized carbons (Fsp3) is 0.552. The summed E-state index contributed by atoms with van der Waals surface area (Å²) < 4.78 is 5.92. The van der Waals surface area contributed by atoms with E-state index in [1.165, 1.54) is 61.6 Å². The summed E-state index contributed by atoms with van der Waals surface area (Å²) in [5.41, 5.74) is 3.56. The van der Waals surface area contributed by atoms with Crippen molar-refractivity contribution in [3.05, 3.63) is 54.1 Å². The van der Waals surface area contributed by atoms with Crippen LogP contribution < -0.4 is 4.74 Å². The quantitative estimate of drug-likeness (QED) is 0.322. The molecule has 1 saturated carbocycles. The average Bonchev–Trinajstić information content (AvgIpc) is 2.81. The maximum absolute atomic E-state index is 12.5. The van der Waals surface area contributed by atoms with Crippen LogP contribution in [0.4, 0.5) is 0 Å². The van der Waals surface area contributed by atoms with Crippen molar-refractivity contribution in [1.29, 1.82) is 0 Å². The predicted octanol–water partition coefficient (Wildman–Crippen LogP) is 8.35. The van der Waals surface area contributed by atoms with E-state index in [0.717, 1.165) is 38.0 Å². The van der Waals surface area contributed by atoms with Crippen LogP contribution in [-0.2, 0) is 4.79 Å². The van der Waals surface area contributed by atoms with Crippen LogP contribution in [0.15, 0.2) is 48.5 Å². The first-order chi connectivity index (χ1) is 15.2. The maximum atomic E-state index is 12.5. The van der Waals surface area contributed by atoms with E-state index in [1.807, 2.05) is 0 Å². The summed E-state index contributed by atoms with van der Waals surface area (Å²) >= 11 is 0. The fourth-order valence-corrected chi connectivity index (χ4v) is 4.69. The van der Waals surface area contributed by atoms with Gasteiger partial charge in [-0.15, -0.1) is 0 Å². The summed E-state index contributed by atoms with van der Waals surface area (Å²) in [4.78, 5) is 12.5. The second-order valence-electron chi connectivity index (χ2n) is 9.19. The number of benzene rings is 2. The van der Waals surface area contributed by atoms with E-state index in [9.17, 15) is 4.79 Å². The van der Waals surface area contributed by atoms with Crippen molar-refractivity contribution in [3.8, 4) is 16.9 Å². The van der Waals surface area contributed by atoms with Crippen molar-refractivity contribution in [1.82, 2.24) is 0 Å². The molecule has 0 aliphatic heterocycles. The van der Waals surface area contributed by atoms with Crippen molar-refractivity contribution in [2.45, 2.75) is 90.4 Å². The molecule has 0 bridgehead atoms. The second-order valence-corrected chi connectivity index (χ2v) is 9.19. The van der Waals surface area contributed by atoms with Gasteiger partial charge in [-0.2, -0.15) is 0 Å². The zero-order chi connectivity index (χ0) is 21.9. The fourth-order valence-electron chi connectivity index (χ4n) is 4.69. The van der Waals surface area contributed by atoms with E-state index < -0.39 is 0 Å². The SMILES string of the molecule is CCCCCCCCCOc1ccc(-c2ccc([C@H]3CC[C@H](CC)CC3=O)cc2)cc1. The molecule has 0 spiro atoms. The van der Waals surface area contributed by atoms with Crippen molar-refractivity contribution >= 4 is 5.78 Å². The first kappa shape index (κ1) is 23.6. The van der Waals surface area contributed by atoms with E-state index in [1.54, 1.807) is 0 Å². The van der Waals surface area contributed by atoms with Gasteiger partial charge < -0.3 is 4.74 Å². The Balaban J connectivity index is 1.45. The minimum absolute atomic E-state index is 0.0965. The Kier molecular flexibility index (Phi) is 9.65. The maximum Gasteiger partial charge on any atom is 0.140 e. The summed E-state index contributed by atoms with van der Waals surface area (Å²) in [7, 11) is 0. The molecule has 0 unspecified atom stereocenters. The molecule has 1 aliphatic rings. The molecule has 0 radical (unpaired) electrons. The third-order valence-corrected chi connectivity index (χ3v) is 6.84. The molecular formula is C29H40O2. The van der Waals surface area contributed by atoms with Gasteiger partial charge in [0.25, 0.3) is 0 Å². The van der Waals surface area contributed by atoms with Gasteiger partial charge in [-0.1, -0.05) is 95.2 Å². The molecule has 2 atom stereocenters. The Morgan fingerprint density at radius 1 is 0.774 bits per heavy atom. The summed E-state index contributed by atoms with van der Waals surface area (Å²) in [6.07, 6.45) is 13.2. The number of carbonyl (C=O) groups excluding carboxylic acids is 1. The number of ether oxygens (including phenoxy) is 1. The van der Waals surface area contributed by atoms with Gasteiger partial charge in [-0.3, -0.25) is 4.79 Å². The van der Waals surface area contributed by atoms with E-state index in [-0.39, 0.29) is 5.92 Å². The molecule has 168 valence electrons. The summed E-state index contributed by atoms with van der Waals surface area (Å²) in [6.45, 7) is 5.25. The summed E-state index contributed by atoms with van der Waals surface area (Å²) in [5.74, 6) is 2.06. The third kappa shape index (κ3) is 7.23.